The Kier molecular flexibility index (Phi) is 5.99. The highest BCUT2D eigenvalue weighted by molar-refractivity contribution is 5.84. The number of aliphatic hydroxyl groups excluding tert-OH is 1. The molecule has 1 rings (SSSR count). The minimum atomic E-state index is -1.18. The van der Waals surface area contributed by atoms with Crippen LogP contribution in [0, 0.1) is 13.8 Å². The van der Waals surface area contributed by atoms with Crippen LogP contribution in [0.5, 0.6) is 5.75 Å². The van der Waals surface area contributed by atoms with Gasteiger partial charge in [0, 0.05) is 13.0 Å². The Morgan fingerprint density at radius 3 is 2.65 bits per heavy atom. The van der Waals surface area contributed by atoms with Crippen molar-refractivity contribution >= 4 is 11.9 Å². The van der Waals surface area contributed by atoms with E-state index in [0.717, 1.165) is 11.1 Å². The van der Waals surface area contributed by atoms with Gasteiger partial charge in [0.05, 0.1) is 0 Å². The van der Waals surface area contributed by atoms with Gasteiger partial charge in [-0.2, -0.15) is 0 Å². The normalized spacial score (nSPS) is 11.8. The number of benzene rings is 1. The third kappa shape index (κ3) is 4.89. The number of aliphatic hydroxyl groups is 1. The first-order valence-electron chi connectivity index (χ1n) is 6.27. The second-order valence-corrected chi connectivity index (χ2v) is 4.53. The molecule has 1 aromatic rings. The quantitative estimate of drug-likeness (QED) is 0.681. The fourth-order valence-electron chi connectivity index (χ4n) is 1.63. The van der Waals surface area contributed by atoms with Crippen molar-refractivity contribution < 1.29 is 24.5 Å². The summed E-state index contributed by atoms with van der Waals surface area (Å²) in [5.41, 5.74) is 1.91. The largest absolute Gasteiger partial charge is 0.483 e. The summed E-state index contributed by atoms with van der Waals surface area (Å²) in [7, 11) is 0. The second-order valence-electron chi connectivity index (χ2n) is 4.53. The van der Waals surface area contributed by atoms with Crippen LogP contribution < -0.4 is 10.1 Å². The number of amides is 1. The molecule has 20 heavy (non-hydrogen) atoms. The van der Waals surface area contributed by atoms with Crippen LogP contribution in [0.25, 0.3) is 0 Å². The number of hydrogen-bond acceptors (Lipinski definition) is 4. The lowest BCUT2D eigenvalue weighted by Crippen LogP contribution is -2.43. The Morgan fingerprint density at radius 2 is 2.05 bits per heavy atom. The van der Waals surface area contributed by atoms with E-state index in [2.05, 4.69) is 5.32 Å². The fraction of sp³-hybridized carbons (Fsp3) is 0.429. The van der Waals surface area contributed by atoms with Gasteiger partial charge < -0.3 is 20.3 Å². The number of aryl methyl sites for hydroxylation is 2. The van der Waals surface area contributed by atoms with Gasteiger partial charge in [0.25, 0.3) is 5.91 Å². The molecule has 6 heteroatoms. The summed E-state index contributed by atoms with van der Waals surface area (Å²) in [6.45, 7) is 3.20. The van der Waals surface area contributed by atoms with Gasteiger partial charge >= 0.3 is 5.97 Å². The van der Waals surface area contributed by atoms with Gasteiger partial charge in [-0.3, -0.25) is 4.79 Å². The van der Waals surface area contributed by atoms with E-state index in [1.54, 1.807) is 0 Å². The predicted molar refractivity (Wildman–Crippen MR) is 72.7 cm³/mol. The molecule has 110 valence electrons. The SMILES string of the molecule is Cc1ccc(C)c(OCC(=O)N[C@@H](CCO)C(=O)O)c1. The van der Waals surface area contributed by atoms with Crippen molar-refractivity contribution in [2.24, 2.45) is 0 Å². The van der Waals surface area contributed by atoms with Gasteiger partial charge in [0.2, 0.25) is 0 Å². The molecule has 1 aromatic carbocycles. The lowest BCUT2D eigenvalue weighted by molar-refractivity contribution is -0.142. The summed E-state index contributed by atoms with van der Waals surface area (Å²) >= 11 is 0. The zero-order valence-electron chi connectivity index (χ0n) is 11.5. The Labute approximate surface area is 117 Å². The van der Waals surface area contributed by atoms with Crippen LogP contribution in [0.3, 0.4) is 0 Å². The molecule has 0 unspecified atom stereocenters. The van der Waals surface area contributed by atoms with Gasteiger partial charge in [0.1, 0.15) is 11.8 Å². The molecule has 0 heterocycles. The molecule has 0 aliphatic carbocycles. The molecule has 6 nitrogen and oxygen atoms in total. The van der Waals surface area contributed by atoms with Gasteiger partial charge in [0.15, 0.2) is 6.61 Å². The lowest BCUT2D eigenvalue weighted by Gasteiger charge is -2.14. The van der Waals surface area contributed by atoms with Crippen LogP contribution in [-0.2, 0) is 9.59 Å². The number of hydrogen-bond donors (Lipinski definition) is 3. The van der Waals surface area contributed by atoms with Crippen molar-refractivity contribution in [1.82, 2.24) is 5.32 Å². The van der Waals surface area contributed by atoms with Crippen molar-refractivity contribution in [2.45, 2.75) is 26.3 Å². The standard InChI is InChI=1S/C14H19NO5/c1-9-3-4-10(2)12(7-9)20-8-13(17)15-11(5-6-16)14(18)19/h3-4,7,11,16H,5-6,8H2,1-2H3,(H,15,17)(H,18,19)/t11-/m0/s1. The third-order valence-corrected chi connectivity index (χ3v) is 2.75. The Hall–Kier alpha value is -2.08. The molecular formula is C14H19NO5. The second kappa shape index (κ2) is 7.49. The Balaban J connectivity index is 2.54. The number of carbonyl (C=O) groups excluding carboxylic acids is 1. The van der Waals surface area contributed by atoms with E-state index in [4.69, 9.17) is 14.9 Å². The molecule has 0 bridgehead atoms. The van der Waals surface area contributed by atoms with Gasteiger partial charge in [-0.05, 0) is 31.0 Å². The van der Waals surface area contributed by atoms with Crippen LogP contribution in [-0.4, -0.2) is 41.3 Å². The van der Waals surface area contributed by atoms with E-state index in [-0.39, 0.29) is 19.6 Å². The molecule has 3 N–H and O–H groups in total. The number of ether oxygens (including phenoxy) is 1. The number of nitrogens with one attached hydrogen (secondary N) is 1. The van der Waals surface area contributed by atoms with Crippen molar-refractivity contribution in [3.8, 4) is 5.75 Å². The number of carbonyl (C=O) groups is 2. The minimum Gasteiger partial charge on any atom is -0.483 e. The fourth-order valence-corrected chi connectivity index (χ4v) is 1.63. The maximum absolute atomic E-state index is 11.6. The molecular weight excluding hydrogens is 262 g/mol. The average molecular weight is 281 g/mol. The molecule has 0 fully saturated rings. The van der Waals surface area contributed by atoms with Crippen LogP contribution in [0.15, 0.2) is 18.2 Å². The summed E-state index contributed by atoms with van der Waals surface area (Å²) in [6.07, 6.45) is -0.0372. The van der Waals surface area contributed by atoms with E-state index < -0.39 is 17.9 Å². The smallest absolute Gasteiger partial charge is 0.326 e. The zero-order chi connectivity index (χ0) is 15.1. The molecule has 1 atom stereocenters. The highest BCUT2D eigenvalue weighted by atomic mass is 16.5. The highest BCUT2D eigenvalue weighted by Gasteiger charge is 2.19. The summed E-state index contributed by atoms with van der Waals surface area (Å²) < 4.78 is 5.37. The molecule has 0 saturated heterocycles. The molecule has 0 radical (unpaired) electrons. The van der Waals surface area contributed by atoms with Crippen molar-refractivity contribution in [2.75, 3.05) is 13.2 Å². The molecule has 0 aromatic heterocycles. The van der Waals surface area contributed by atoms with E-state index in [0.29, 0.717) is 5.75 Å². The van der Waals surface area contributed by atoms with Crippen LogP contribution in [0.2, 0.25) is 0 Å². The van der Waals surface area contributed by atoms with Gasteiger partial charge in [-0.15, -0.1) is 0 Å². The molecule has 1 amide bonds. The topological polar surface area (TPSA) is 95.9 Å². The first-order valence-corrected chi connectivity index (χ1v) is 6.27. The Bertz CT molecular complexity index is 486. The van der Waals surface area contributed by atoms with Crippen LogP contribution in [0.4, 0.5) is 0 Å². The van der Waals surface area contributed by atoms with Gasteiger partial charge in [-0.25, -0.2) is 4.79 Å². The number of aliphatic carboxylic acids is 1. The highest BCUT2D eigenvalue weighted by Crippen LogP contribution is 2.18. The van der Waals surface area contributed by atoms with Gasteiger partial charge in [-0.1, -0.05) is 12.1 Å². The predicted octanol–water partition coefficient (Wildman–Crippen LogP) is 0.634. The van der Waals surface area contributed by atoms with E-state index in [9.17, 15) is 9.59 Å². The minimum absolute atomic E-state index is 0.0372. The van der Waals surface area contributed by atoms with Crippen molar-refractivity contribution in [1.29, 1.82) is 0 Å². The van der Waals surface area contributed by atoms with Crippen molar-refractivity contribution in [3.05, 3.63) is 29.3 Å². The molecule has 0 aliphatic rings. The zero-order valence-corrected chi connectivity index (χ0v) is 11.5. The summed E-state index contributed by atoms with van der Waals surface area (Å²) in [4.78, 5) is 22.5. The number of carboxylic acid groups (broad SMARTS) is 1. The van der Waals surface area contributed by atoms with Crippen LogP contribution in [0.1, 0.15) is 17.5 Å². The lowest BCUT2D eigenvalue weighted by atomic mass is 10.1. The summed E-state index contributed by atoms with van der Waals surface area (Å²) in [5.74, 6) is -1.12. The van der Waals surface area contributed by atoms with E-state index in [1.807, 2.05) is 32.0 Å². The third-order valence-electron chi connectivity index (χ3n) is 2.75. The first kappa shape index (κ1) is 16.0. The molecule has 0 aliphatic heterocycles. The first-order chi connectivity index (χ1) is 9.43. The number of rotatable bonds is 7. The molecule has 0 saturated carbocycles. The number of carboxylic acids is 1. The summed E-state index contributed by atoms with van der Waals surface area (Å²) in [6, 6.07) is 4.53. The van der Waals surface area contributed by atoms with E-state index in [1.165, 1.54) is 0 Å². The maximum Gasteiger partial charge on any atom is 0.326 e. The van der Waals surface area contributed by atoms with Crippen molar-refractivity contribution in [3.63, 3.8) is 0 Å². The van der Waals surface area contributed by atoms with E-state index >= 15 is 0 Å². The van der Waals surface area contributed by atoms with Crippen LogP contribution >= 0.6 is 0 Å². The summed E-state index contributed by atoms with van der Waals surface area (Å²) in [5, 5.41) is 19.9. The maximum atomic E-state index is 11.6. The molecule has 0 spiro atoms. The Morgan fingerprint density at radius 1 is 1.35 bits per heavy atom. The monoisotopic (exact) mass is 281 g/mol. The average Bonchev–Trinajstić information content (AvgIpc) is 2.39.